The third-order valence-corrected chi connectivity index (χ3v) is 3.99. The van der Waals surface area contributed by atoms with Crippen LogP contribution in [0.1, 0.15) is 32.6 Å². The first kappa shape index (κ1) is 9.33. The molecular weight excluding hydrogens is 192 g/mol. The van der Waals surface area contributed by atoms with E-state index in [4.69, 9.17) is 0 Å². The van der Waals surface area contributed by atoms with Crippen molar-refractivity contribution in [3.63, 3.8) is 0 Å². The molecule has 0 aromatic heterocycles. The molecule has 0 aromatic carbocycles. The number of carbonyl (C=O) groups is 2. The highest BCUT2D eigenvalue weighted by atomic mass is 16.2. The zero-order valence-electron chi connectivity index (χ0n) is 8.95. The van der Waals surface area contributed by atoms with E-state index in [2.05, 4.69) is 17.1 Å². The quantitative estimate of drug-likeness (QED) is 0.629. The largest absolute Gasteiger partial charge is 0.297 e. The van der Waals surface area contributed by atoms with Gasteiger partial charge < -0.3 is 0 Å². The fourth-order valence-corrected chi connectivity index (χ4v) is 3.13. The van der Waals surface area contributed by atoms with E-state index in [1.807, 2.05) is 0 Å². The molecule has 2 heterocycles. The maximum Gasteiger partial charge on any atom is 0.234 e. The summed E-state index contributed by atoms with van der Waals surface area (Å²) in [6.07, 6.45) is 3.77. The Kier molecular flexibility index (Phi) is 1.75. The Bertz CT molecular complexity index is 337. The zero-order chi connectivity index (χ0) is 10.6. The van der Waals surface area contributed by atoms with E-state index in [-0.39, 0.29) is 17.2 Å². The highest BCUT2D eigenvalue weighted by Crippen LogP contribution is 2.45. The van der Waals surface area contributed by atoms with Crippen molar-refractivity contribution in [2.45, 2.75) is 44.7 Å². The third-order valence-electron chi connectivity index (χ3n) is 3.99. The summed E-state index contributed by atoms with van der Waals surface area (Å²) in [5.41, 5.74) is -0.390. The van der Waals surface area contributed by atoms with Crippen molar-refractivity contribution in [3.8, 4) is 0 Å². The molecule has 15 heavy (non-hydrogen) atoms. The second-order valence-corrected chi connectivity index (χ2v) is 5.29. The van der Waals surface area contributed by atoms with Gasteiger partial charge in [-0.05, 0) is 26.2 Å². The van der Waals surface area contributed by atoms with Crippen LogP contribution in [-0.4, -0.2) is 35.3 Å². The first-order chi connectivity index (χ1) is 7.11. The Hall–Kier alpha value is -0.900. The molecule has 4 nitrogen and oxygen atoms in total. The van der Waals surface area contributed by atoms with E-state index in [0.717, 1.165) is 13.0 Å². The van der Waals surface area contributed by atoms with Crippen molar-refractivity contribution in [2.75, 3.05) is 6.54 Å². The molecule has 2 unspecified atom stereocenters. The van der Waals surface area contributed by atoms with Gasteiger partial charge in [-0.15, -0.1) is 0 Å². The average molecular weight is 208 g/mol. The van der Waals surface area contributed by atoms with Gasteiger partial charge in [-0.1, -0.05) is 0 Å². The molecule has 4 heteroatoms. The summed E-state index contributed by atoms with van der Waals surface area (Å²) < 4.78 is 0. The van der Waals surface area contributed by atoms with Crippen molar-refractivity contribution in [1.82, 2.24) is 10.2 Å². The maximum atomic E-state index is 11.8. The minimum atomic E-state index is -0.390. The number of nitrogens with one attached hydrogen (secondary N) is 1. The fourth-order valence-electron chi connectivity index (χ4n) is 3.13. The normalized spacial score (nSPS) is 41.5. The van der Waals surface area contributed by atoms with Crippen LogP contribution in [0.3, 0.4) is 0 Å². The van der Waals surface area contributed by atoms with Crippen molar-refractivity contribution in [2.24, 2.45) is 5.41 Å². The molecule has 2 atom stereocenters. The summed E-state index contributed by atoms with van der Waals surface area (Å²) in [5.74, 6) is -0.132. The number of carbonyl (C=O) groups excluding carboxylic acids is 2. The first-order valence-electron chi connectivity index (χ1n) is 5.71. The number of imide groups is 1. The van der Waals surface area contributed by atoms with Crippen molar-refractivity contribution >= 4 is 11.8 Å². The highest BCUT2D eigenvalue weighted by molar-refractivity contribution is 6.06. The first-order valence-corrected chi connectivity index (χ1v) is 5.71. The molecule has 0 aromatic rings. The molecule has 3 fully saturated rings. The van der Waals surface area contributed by atoms with Gasteiger partial charge >= 0.3 is 0 Å². The molecule has 2 saturated heterocycles. The number of rotatable bonds is 1. The van der Waals surface area contributed by atoms with Crippen LogP contribution in [0.5, 0.6) is 0 Å². The summed E-state index contributed by atoms with van der Waals surface area (Å²) in [6.45, 7) is 2.96. The van der Waals surface area contributed by atoms with Crippen LogP contribution < -0.4 is 5.32 Å². The van der Waals surface area contributed by atoms with Gasteiger partial charge in [0.15, 0.2) is 0 Å². The van der Waals surface area contributed by atoms with Gasteiger partial charge in [-0.3, -0.25) is 19.8 Å². The van der Waals surface area contributed by atoms with Crippen LogP contribution >= 0.6 is 0 Å². The molecule has 3 aliphatic rings. The molecule has 1 aliphatic carbocycles. The summed E-state index contributed by atoms with van der Waals surface area (Å²) in [7, 11) is 0. The third kappa shape index (κ3) is 1.31. The van der Waals surface area contributed by atoms with E-state index >= 15 is 0 Å². The van der Waals surface area contributed by atoms with Crippen LogP contribution in [0.15, 0.2) is 0 Å². The number of amides is 2. The van der Waals surface area contributed by atoms with E-state index in [1.54, 1.807) is 0 Å². The predicted molar refractivity (Wildman–Crippen MR) is 54.0 cm³/mol. The van der Waals surface area contributed by atoms with Gasteiger partial charge in [-0.2, -0.15) is 0 Å². The van der Waals surface area contributed by atoms with E-state index in [0.29, 0.717) is 18.5 Å². The van der Waals surface area contributed by atoms with Crippen LogP contribution in [0.4, 0.5) is 0 Å². The Morgan fingerprint density at radius 1 is 1.40 bits per heavy atom. The molecule has 82 valence electrons. The molecule has 1 N–H and O–H groups in total. The molecule has 3 rings (SSSR count). The van der Waals surface area contributed by atoms with Gasteiger partial charge in [0.25, 0.3) is 0 Å². The number of hydrogen-bond donors (Lipinski definition) is 1. The summed E-state index contributed by atoms with van der Waals surface area (Å²) in [4.78, 5) is 25.5. The maximum absolute atomic E-state index is 11.8. The molecule has 0 bridgehead atoms. The van der Waals surface area contributed by atoms with Crippen LogP contribution in [0.2, 0.25) is 0 Å². The summed E-state index contributed by atoms with van der Waals surface area (Å²) >= 11 is 0. The Balaban J connectivity index is 1.83. The van der Waals surface area contributed by atoms with Gasteiger partial charge in [0.2, 0.25) is 11.8 Å². The van der Waals surface area contributed by atoms with Crippen molar-refractivity contribution < 1.29 is 9.59 Å². The van der Waals surface area contributed by atoms with Gasteiger partial charge in [0.05, 0.1) is 5.41 Å². The lowest BCUT2D eigenvalue weighted by Gasteiger charge is -2.21. The van der Waals surface area contributed by atoms with Crippen molar-refractivity contribution in [3.05, 3.63) is 0 Å². The topological polar surface area (TPSA) is 49.4 Å². The predicted octanol–water partition coefficient (Wildman–Crippen LogP) is 0.276. The van der Waals surface area contributed by atoms with Crippen molar-refractivity contribution in [1.29, 1.82) is 0 Å². The number of nitrogens with zero attached hydrogens (tertiary/aromatic N) is 1. The minimum absolute atomic E-state index is 0.0394. The zero-order valence-corrected chi connectivity index (χ0v) is 8.95. The van der Waals surface area contributed by atoms with E-state index in [9.17, 15) is 9.59 Å². The molecule has 1 spiro atoms. The Morgan fingerprint density at radius 2 is 2.13 bits per heavy atom. The lowest BCUT2D eigenvalue weighted by Crippen LogP contribution is -2.35. The smallest absolute Gasteiger partial charge is 0.234 e. The Labute approximate surface area is 89.0 Å². The number of likely N-dealkylation sites (tertiary alicyclic amines) is 1. The molecular formula is C11H16N2O2. The molecule has 2 amide bonds. The summed E-state index contributed by atoms with van der Waals surface area (Å²) in [5, 5.41) is 2.45. The lowest BCUT2D eigenvalue weighted by atomic mass is 9.84. The average Bonchev–Trinajstić information content (AvgIpc) is 2.87. The number of hydrogen-bond acceptors (Lipinski definition) is 3. The Morgan fingerprint density at radius 3 is 2.67 bits per heavy atom. The van der Waals surface area contributed by atoms with E-state index < -0.39 is 0 Å². The van der Waals surface area contributed by atoms with Crippen LogP contribution in [0, 0.1) is 5.41 Å². The molecule has 2 aliphatic heterocycles. The van der Waals surface area contributed by atoms with Gasteiger partial charge in [0.1, 0.15) is 0 Å². The minimum Gasteiger partial charge on any atom is -0.297 e. The SMILES string of the molecule is CC1CC2(CC(=O)NC2=O)CN1C1CC1. The fraction of sp³-hybridized carbons (Fsp3) is 0.818. The summed E-state index contributed by atoms with van der Waals surface area (Å²) in [6, 6.07) is 1.14. The second-order valence-electron chi connectivity index (χ2n) is 5.29. The highest BCUT2D eigenvalue weighted by Gasteiger charge is 2.55. The monoisotopic (exact) mass is 208 g/mol. The van der Waals surface area contributed by atoms with Gasteiger partial charge in [0, 0.05) is 25.0 Å². The van der Waals surface area contributed by atoms with Gasteiger partial charge in [-0.25, -0.2) is 0 Å². The second kappa shape index (κ2) is 2.82. The van der Waals surface area contributed by atoms with Crippen LogP contribution in [0.25, 0.3) is 0 Å². The molecule has 1 saturated carbocycles. The van der Waals surface area contributed by atoms with Crippen LogP contribution in [-0.2, 0) is 9.59 Å². The standard InChI is InChI=1S/C11H16N2O2/c1-7-4-11(5-9(14)12-10(11)15)6-13(7)8-2-3-8/h7-8H,2-6H2,1H3,(H,12,14,15). The lowest BCUT2D eigenvalue weighted by molar-refractivity contribution is -0.128. The van der Waals surface area contributed by atoms with E-state index in [1.165, 1.54) is 12.8 Å². The molecule has 0 radical (unpaired) electrons.